The van der Waals surface area contributed by atoms with Crippen LogP contribution in [0.15, 0.2) is 18.2 Å². The molecule has 1 aromatic carbocycles. The van der Waals surface area contributed by atoms with Gasteiger partial charge in [0.25, 0.3) is 5.91 Å². The van der Waals surface area contributed by atoms with Crippen molar-refractivity contribution in [2.24, 2.45) is 5.92 Å². The average molecular weight is 359 g/mol. The Balaban J connectivity index is 1.54. The molecule has 0 aromatic heterocycles. The van der Waals surface area contributed by atoms with Crippen molar-refractivity contribution < 1.29 is 19.1 Å². The van der Waals surface area contributed by atoms with Gasteiger partial charge in [0, 0.05) is 36.8 Å². The fraction of sp³-hybridized carbons (Fsp3) is 0.526. The van der Waals surface area contributed by atoms with Gasteiger partial charge in [0.15, 0.2) is 0 Å². The molecule has 0 unspecified atom stereocenters. The quantitative estimate of drug-likeness (QED) is 0.849. The molecule has 1 aromatic rings. The van der Waals surface area contributed by atoms with Crippen LogP contribution in [0.4, 0.5) is 10.5 Å². The molecule has 0 bridgehead atoms. The number of carbonyl (C=O) groups excluding carboxylic acids is 3. The number of amides is 3. The van der Waals surface area contributed by atoms with Gasteiger partial charge in [-0.15, -0.1) is 0 Å². The fourth-order valence-electron chi connectivity index (χ4n) is 3.19. The number of rotatable bonds is 2. The van der Waals surface area contributed by atoms with Crippen LogP contribution in [0.1, 0.15) is 49.5 Å². The first-order valence-corrected chi connectivity index (χ1v) is 8.93. The Morgan fingerprint density at radius 2 is 1.92 bits per heavy atom. The predicted octanol–water partition coefficient (Wildman–Crippen LogP) is 2.52. The lowest BCUT2D eigenvalue weighted by Gasteiger charge is -2.32. The first-order chi connectivity index (χ1) is 12.2. The SMILES string of the molecule is CC(C)(C)OC(=O)N1CCC(C(=O)Nc2ccc3c(c2)C(=O)NC3)CC1. The molecule has 140 valence electrons. The second kappa shape index (κ2) is 6.97. The monoisotopic (exact) mass is 359 g/mol. The van der Waals surface area contributed by atoms with Crippen molar-refractivity contribution in [3.8, 4) is 0 Å². The molecule has 26 heavy (non-hydrogen) atoms. The number of nitrogens with zero attached hydrogens (tertiary/aromatic N) is 1. The molecule has 2 heterocycles. The van der Waals surface area contributed by atoms with Crippen molar-refractivity contribution in [3.63, 3.8) is 0 Å². The summed E-state index contributed by atoms with van der Waals surface area (Å²) in [7, 11) is 0. The minimum atomic E-state index is -0.523. The van der Waals surface area contributed by atoms with Gasteiger partial charge in [0.05, 0.1) is 0 Å². The van der Waals surface area contributed by atoms with E-state index in [9.17, 15) is 14.4 Å². The van der Waals surface area contributed by atoms with E-state index >= 15 is 0 Å². The number of nitrogens with one attached hydrogen (secondary N) is 2. The van der Waals surface area contributed by atoms with E-state index in [1.807, 2.05) is 32.9 Å². The molecule has 3 rings (SSSR count). The van der Waals surface area contributed by atoms with Crippen LogP contribution in [0.2, 0.25) is 0 Å². The molecule has 2 N–H and O–H groups in total. The summed E-state index contributed by atoms with van der Waals surface area (Å²) in [4.78, 5) is 38.0. The van der Waals surface area contributed by atoms with Crippen molar-refractivity contribution >= 4 is 23.6 Å². The lowest BCUT2D eigenvalue weighted by molar-refractivity contribution is -0.121. The zero-order chi connectivity index (χ0) is 18.9. The number of ether oxygens (including phenoxy) is 1. The third kappa shape index (κ3) is 4.15. The van der Waals surface area contributed by atoms with E-state index in [0.717, 1.165) is 5.56 Å². The van der Waals surface area contributed by atoms with Crippen molar-refractivity contribution in [1.82, 2.24) is 10.2 Å². The van der Waals surface area contributed by atoms with Gasteiger partial charge < -0.3 is 20.3 Å². The number of hydrogen-bond acceptors (Lipinski definition) is 4. The molecule has 3 amide bonds. The lowest BCUT2D eigenvalue weighted by atomic mass is 9.96. The summed E-state index contributed by atoms with van der Waals surface area (Å²) in [6.45, 7) is 7.04. The first-order valence-electron chi connectivity index (χ1n) is 8.93. The zero-order valence-electron chi connectivity index (χ0n) is 15.4. The van der Waals surface area contributed by atoms with Gasteiger partial charge in [0.2, 0.25) is 5.91 Å². The summed E-state index contributed by atoms with van der Waals surface area (Å²) in [6, 6.07) is 5.38. The topological polar surface area (TPSA) is 87.7 Å². The summed E-state index contributed by atoms with van der Waals surface area (Å²) in [5.41, 5.74) is 1.66. The van der Waals surface area contributed by atoms with Crippen LogP contribution in [-0.2, 0) is 16.1 Å². The molecule has 2 aliphatic heterocycles. The van der Waals surface area contributed by atoms with Gasteiger partial charge in [-0.05, 0) is 51.3 Å². The summed E-state index contributed by atoms with van der Waals surface area (Å²) in [5.74, 6) is -0.343. The number of likely N-dealkylation sites (tertiary alicyclic amines) is 1. The highest BCUT2D eigenvalue weighted by Gasteiger charge is 2.30. The highest BCUT2D eigenvalue weighted by molar-refractivity contribution is 6.00. The van der Waals surface area contributed by atoms with Gasteiger partial charge in [-0.1, -0.05) is 6.07 Å². The maximum Gasteiger partial charge on any atom is 0.410 e. The van der Waals surface area contributed by atoms with Crippen LogP contribution >= 0.6 is 0 Å². The molecule has 0 spiro atoms. The van der Waals surface area contributed by atoms with Gasteiger partial charge in [-0.2, -0.15) is 0 Å². The Bertz CT molecular complexity index is 731. The van der Waals surface area contributed by atoms with E-state index < -0.39 is 5.60 Å². The van der Waals surface area contributed by atoms with Crippen molar-refractivity contribution in [2.45, 2.75) is 45.8 Å². The minimum Gasteiger partial charge on any atom is -0.444 e. The smallest absolute Gasteiger partial charge is 0.410 e. The van der Waals surface area contributed by atoms with E-state index in [0.29, 0.717) is 43.7 Å². The second-order valence-corrected chi connectivity index (χ2v) is 7.79. The minimum absolute atomic E-state index is 0.0767. The Morgan fingerprint density at radius 3 is 2.58 bits per heavy atom. The summed E-state index contributed by atoms with van der Waals surface area (Å²) >= 11 is 0. The molecule has 0 aliphatic carbocycles. The molecule has 2 aliphatic rings. The number of carbonyl (C=O) groups is 3. The van der Waals surface area contributed by atoms with E-state index in [2.05, 4.69) is 10.6 Å². The Morgan fingerprint density at radius 1 is 1.23 bits per heavy atom. The van der Waals surface area contributed by atoms with Crippen LogP contribution in [0, 0.1) is 5.92 Å². The van der Waals surface area contributed by atoms with E-state index in [-0.39, 0.29) is 23.8 Å². The first kappa shape index (κ1) is 18.2. The standard InChI is InChI=1S/C19H25N3O4/c1-19(2,3)26-18(25)22-8-6-12(7-9-22)16(23)21-14-5-4-13-11-20-17(24)15(13)10-14/h4-5,10,12H,6-9,11H2,1-3H3,(H,20,24)(H,21,23). The average Bonchev–Trinajstić information content (AvgIpc) is 2.94. The van der Waals surface area contributed by atoms with E-state index in [4.69, 9.17) is 4.74 Å². The summed E-state index contributed by atoms with van der Waals surface area (Å²) in [5, 5.41) is 5.65. The molecule has 1 saturated heterocycles. The van der Waals surface area contributed by atoms with Gasteiger partial charge in [-0.25, -0.2) is 4.79 Å². The van der Waals surface area contributed by atoms with Crippen LogP contribution in [0.3, 0.4) is 0 Å². The fourth-order valence-corrected chi connectivity index (χ4v) is 3.19. The van der Waals surface area contributed by atoms with E-state index in [1.165, 1.54) is 0 Å². The molecular weight excluding hydrogens is 334 g/mol. The maximum absolute atomic E-state index is 12.5. The van der Waals surface area contributed by atoms with Crippen molar-refractivity contribution in [3.05, 3.63) is 29.3 Å². The van der Waals surface area contributed by atoms with Crippen LogP contribution in [0.5, 0.6) is 0 Å². The predicted molar refractivity (Wildman–Crippen MR) is 96.8 cm³/mol. The third-order valence-corrected chi connectivity index (χ3v) is 4.58. The highest BCUT2D eigenvalue weighted by atomic mass is 16.6. The molecule has 0 radical (unpaired) electrons. The molecule has 7 nitrogen and oxygen atoms in total. The van der Waals surface area contributed by atoms with Crippen LogP contribution < -0.4 is 10.6 Å². The molecular formula is C19H25N3O4. The van der Waals surface area contributed by atoms with Gasteiger partial charge >= 0.3 is 6.09 Å². The summed E-state index contributed by atoms with van der Waals surface area (Å²) < 4.78 is 5.37. The summed E-state index contributed by atoms with van der Waals surface area (Å²) in [6.07, 6.45) is 0.855. The molecule has 7 heteroatoms. The molecule has 0 atom stereocenters. The molecule has 0 saturated carbocycles. The Hall–Kier alpha value is -2.57. The Kier molecular flexibility index (Phi) is 4.89. The largest absolute Gasteiger partial charge is 0.444 e. The normalized spacial score (nSPS) is 17.5. The van der Waals surface area contributed by atoms with Gasteiger partial charge in [-0.3, -0.25) is 9.59 Å². The number of anilines is 1. The lowest BCUT2D eigenvalue weighted by Crippen LogP contribution is -2.43. The second-order valence-electron chi connectivity index (χ2n) is 7.79. The molecule has 1 fully saturated rings. The number of hydrogen-bond donors (Lipinski definition) is 2. The number of benzene rings is 1. The van der Waals surface area contributed by atoms with Crippen LogP contribution in [0.25, 0.3) is 0 Å². The third-order valence-electron chi connectivity index (χ3n) is 4.58. The van der Waals surface area contributed by atoms with Crippen molar-refractivity contribution in [1.29, 1.82) is 0 Å². The zero-order valence-corrected chi connectivity index (χ0v) is 15.4. The number of fused-ring (bicyclic) bond motifs is 1. The number of piperidine rings is 1. The van der Waals surface area contributed by atoms with Gasteiger partial charge in [0.1, 0.15) is 5.60 Å². The Labute approximate surface area is 153 Å². The van der Waals surface area contributed by atoms with Crippen LogP contribution in [-0.4, -0.2) is 41.5 Å². The maximum atomic E-state index is 12.5. The highest BCUT2D eigenvalue weighted by Crippen LogP contribution is 2.24. The van der Waals surface area contributed by atoms with Crippen molar-refractivity contribution in [2.75, 3.05) is 18.4 Å². The van der Waals surface area contributed by atoms with E-state index in [1.54, 1.807) is 11.0 Å².